The number of hydrogen-bond acceptors (Lipinski definition) is 3. The van der Waals surface area contributed by atoms with Crippen molar-refractivity contribution in [1.29, 1.82) is 0 Å². The number of hydrogen-bond donors (Lipinski definition) is 2. The van der Waals surface area contributed by atoms with Gasteiger partial charge in [-0.15, -0.1) is 0 Å². The van der Waals surface area contributed by atoms with Crippen LogP contribution in [0.5, 0.6) is 0 Å². The molecular weight excluding hydrogens is 322 g/mol. The first-order chi connectivity index (χ1) is 12.7. The third-order valence-corrected chi connectivity index (χ3v) is 6.81. The summed E-state index contributed by atoms with van der Waals surface area (Å²) < 4.78 is 0. The standard InChI is InChI=1S/C22H33N3O/c1-23-22(26)21-13-19(24-14-16-7-3-2-4-8-16)15-25(21)20-11-17-9-5-6-10-18(17)12-20/h5-6,9-10,16,19-21,24H,2-4,7-8,11-15H2,1H3,(H,23,26)/t19-,21-/m0/s1. The third-order valence-electron chi connectivity index (χ3n) is 6.81. The molecule has 0 unspecified atom stereocenters. The molecule has 1 aromatic rings. The number of likely N-dealkylation sites (N-methyl/N-ethyl adjacent to an activating group) is 1. The van der Waals surface area contributed by atoms with Crippen LogP contribution in [0.2, 0.25) is 0 Å². The summed E-state index contributed by atoms with van der Waals surface area (Å²) in [6.45, 7) is 2.13. The number of benzene rings is 1. The van der Waals surface area contributed by atoms with Crippen LogP contribution in [0.3, 0.4) is 0 Å². The molecule has 2 fully saturated rings. The summed E-state index contributed by atoms with van der Waals surface area (Å²) in [6, 6.07) is 9.70. The highest BCUT2D eigenvalue weighted by molar-refractivity contribution is 5.82. The van der Waals surface area contributed by atoms with E-state index >= 15 is 0 Å². The lowest BCUT2D eigenvalue weighted by atomic mass is 9.89. The molecule has 4 rings (SSSR count). The van der Waals surface area contributed by atoms with E-state index in [0.29, 0.717) is 12.1 Å². The second-order valence-corrected chi connectivity index (χ2v) is 8.50. The van der Waals surface area contributed by atoms with E-state index in [1.165, 1.54) is 43.2 Å². The van der Waals surface area contributed by atoms with Gasteiger partial charge in [-0.2, -0.15) is 0 Å². The molecule has 2 N–H and O–H groups in total. The first-order valence-corrected chi connectivity index (χ1v) is 10.5. The van der Waals surface area contributed by atoms with E-state index in [4.69, 9.17) is 0 Å². The smallest absolute Gasteiger partial charge is 0.237 e. The average molecular weight is 356 g/mol. The van der Waals surface area contributed by atoms with Crippen LogP contribution in [0.15, 0.2) is 24.3 Å². The Kier molecular flexibility index (Phi) is 5.60. The van der Waals surface area contributed by atoms with Crippen LogP contribution in [0.4, 0.5) is 0 Å². The molecule has 1 aliphatic heterocycles. The Bertz CT molecular complexity index is 601. The van der Waals surface area contributed by atoms with Crippen LogP contribution in [-0.2, 0) is 17.6 Å². The predicted molar refractivity (Wildman–Crippen MR) is 105 cm³/mol. The highest BCUT2D eigenvalue weighted by Gasteiger charge is 2.41. The summed E-state index contributed by atoms with van der Waals surface area (Å²) in [6.07, 6.45) is 10.1. The first-order valence-electron chi connectivity index (χ1n) is 10.5. The normalized spacial score (nSPS) is 27.6. The van der Waals surface area contributed by atoms with E-state index in [0.717, 1.165) is 38.3 Å². The van der Waals surface area contributed by atoms with Crippen molar-refractivity contribution in [2.45, 2.75) is 69.5 Å². The van der Waals surface area contributed by atoms with Gasteiger partial charge in [0, 0.05) is 25.7 Å². The van der Waals surface area contributed by atoms with Gasteiger partial charge in [-0.05, 0) is 55.7 Å². The number of carbonyl (C=O) groups is 1. The Balaban J connectivity index is 1.39. The molecule has 26 heavy (non-hydrogen) atoms. The molecule has 1 amide bonds. The molecule has 142 valence electrons. The maximum Gasteiger partial charge on any atom is 0.237 e. The van der Waals surface area contributed by atoms with Crippen molar-refractivity contribution in [3.05, 3.63) is 35.4 Å². The summed E-state index contributed by atoms with van der Waals surface area (Å²) in [4.78, 5) is 15.0. The molecule has 4 heteroatoms. The van der Waals surface area contributed by atoms with E-state index in [1.54, 1.807) is 7.05 Å². The molecule has 1 heterocycles. The van der Waals surface area contributed by atoms with E-state index < -0.39 is 0 Å². The van der Waals surface area contributed by atoms with Gasteiger partial charge in [0.2, 0.25) is 5.91 Å². The van der Waals surface area contributed by atoms with Crippen LogP contribution in [0.25, 0.3) is 0 Å². The summed E-state index contributed by atoms with van der Waals surface area (Å²) >= 11 is 0. The maximum atomic E-state index is 12.5. The quantitative estimate of drug-likeness (QED) is 0.853. The molecule has 0 bridgehead atoms. The molecular formula is C22H33N3O. The molecule has 2 aliphatic carbocycles. The largest absolute Gasteiger partial charge is 0.358 e. The van der Waals surface area contributed by atoms with Crippen LogP contribution >= 0.6 is 0 Å². The Morgan fingerprint density at radius 2 is 1.81 bits per heavy atom. The van der Waals surface area contributed by atoms with Crippen molar-refractivity contribution in [3.8, 4) is 0 Å². The minimum atomic E-state index is 0.0168. The van der Waals surface area contributed by atoms with Crippen LogP contribution in [0, 0.1) is 5.92 Å². The Labute approximate surface area is 157 Å². The van der Waals surface area contributed by atoms with Crippen molar-refractivity contribution >= 4 is 5.91 Å². The van der Waals surface area contributed by atoms with Crippen molar-refractivity contribution in [2.24, 2.45) is 5.92 Å². The SMILES string of the molecule is CNC(=O)[C@@H]1C[C@H](NCC2CCCCC2)CN1C1Cc2ccccc2C1. The van der Waals surface area contributed by atoms with Gasteiger partial charge in [0.1, 0.15) is 0 Å². The molecule has 1 saturated carbocycles. The van der Waals surface area contributed by atoms with Gasteiger partial charge in [0.05, 0.1) is 6.04 Å². The van der Waals surface area contributed by atoms with E-state index in [-0.39, 0.29) is 11.9 Å². The molecule has 2 atom stereocenters. The van der Waals surface area contributed by atoms with E-state index in [9.17, 15) is 4.79 Å². The summed E-state index contributed by atoms with van der Waals surface area (Å²) in [5.74, 6) is 1.02. The zero-order valence-corrected chi connectivity index (χ0v) is 16.0. The lowest BCUT2D eigenvalue weighted by molar-refractivity contribution is -0.125. The van der Waals surface area contributed by atoms with Crippen molar-refractivity contribution in [3.63, 3.8) is 0 Å². The topological polar surface area (TPSA) is 44.4 Å². The van der Waals surface area contributed by atoms with Gasteiger partial charge in [0.25, 0.3) is 0 Å². The first kappa shape index (κ1) is 18.0. The fourth-order valence-corrected chi connectivity index (χ4v) is 5.33. The fourth-order valence-electron chi connectivity index (χ4n) is 5.33. The van der Waals surface area contributed by atoms with Crippen molar-refractivity contribution < 1.29 is 4.79 Å². The zero-order chi connectivity index (χ0) is 17.9. The number of likely N-dealkylation sites (tertiary alicyclic amines) is 1. The predicted octanol–water partition coefficient (Wildman–Crippen LogP) is 2.51. The maximum absolute atomic E-state index is 12.5. The highest BCUT2D eigenvalue weighted by Crippen LogP contribution is 2.31. The minimum Gasteiger partial charge on any atom is -0.358 e. The van der Waals surface area contributed by atoms with Gasteiger partial charge >= 0.3 is 0 Å². The summed E-state index contributed by atoms with van der Waals surface area (Å²) in [7, 11) is 1.77. The average Bonchev–Trinajstić information content (AvgIpc) is 3.30. The Morgan fingerprint density at radius 3 is 2.46 bits per heavy atom. The second kappa shape index (κ2) is 8.10. The summed E-state index contributed by atoms with van der Waals surface area (Å²) in [5.41, 5.74) is 2.93. The van der Waals surface area contributed by atoms with E-state index in [1.807, 2.05) is 0 Å². The van der Waals surface area contributed by atoms with Gasteiger partial charge in [-0.1, -0.05) is 43.5 Å². The lowest BCUT2D eigenvalue weighted by Gasteiger charge is -2.29. The molecule has 1 aromatic carbocycles. The molecule has 3 aliphatic rings. The van der Waals surface area contributed by atoms with Crippen LogP contribution in [-0.4, -0.2) is 49.1 Å². The van der Waals surface area contributed by atoms with E-state index in [2.05, 4.69) is 39.8 Å². The van der Waals surface area contributed by atoms with Gasteiger partial charge in [-0.25, -0.2) is 0 Å². The minimum absolute atomic E-state index is 0.0168. The number of carbonyl (C=O) groups excluding carboxylic acids is 1. The third kappa shape index (κ3) is 3.81. The van der Waals surface area contributed by atoms with Gasteiger partial charge < -0.3 is 10.6 Å². The second-order valence-electron chi connectivity index (χ2n) is 8.50. The Morgan fingerprint density at radius 1 is 1.12 bits per heavy atom. The number of nitrogens with zero attached hydrogens (tertiary/aromatic N) is 1. The number of nitrogens with one attached hydrogen (secondary N) is 2. The molecule has 1 saturated heterocycles. The van der Waals surface area contributed by atoms with Crippen LogP contribution in [0.1, 0.15) is 49.7 Å². The summed E-state index contributed by atoms with van der Waals surface area (Å²) in [5, 5.41) is 6.71. The van der Waals surface area contributed by atoms with Crippen LogP contribution < -0.4 is 10.6 Å². The molecule has 4 nitrogen and oxygen atoms in total. The fraction of sp³-hybridized carbons (Fsp3) is 0.682. The lowest BCUT2D eigenvalue weighted by Crippen LogP contribution is -2.47. The van der Waals surface area contributed by atoms with Crippen molar-refractivity contribution in [2.75, 3.05) is 20.1 Å². The highest BCUT2D eigenvalue weighted by atomic mass is 16.2. The molecule has 0 aromatic heterocycles. The van der Waals surface area contributed by atoms with Gasteiger partial charge in [0.15, 0.2) is 0 Å². The monoisotopic (exact) mass is 355 g/mol. The number of amides is 1. The molecule has 0 radical (unpaired) electrons. The zero-order valence-electron chi connectivity index (χ0n) is 16.0. The van der Waals surface area contributed by atoms with Crippen molar-refractivity contribution in [1.82, 2.24) is 15.5 Å². The van der Waals surface area contributed by atoms with Gasteiger partial charge in [-0.3, -0.25) is 9.69 Å². The number of fused-ring (bicyclic) bond motifs is 1. The Hall–Kier alpha value is -1.39. The number of rotatable bonds is 5. The molecule has 0 spiro atoms.